The van der Waals surface area contributed by atoms with Crippen LogP contribution in [-0.4, -0.2) is 26.2 Å². The van der Waals surface area contributed by atoms with Gasteiger partial charge in [0.05, 0.1) is 13.7 Å². The molecule has 1 aromatic carbocycles. The van der Waals surface area contributed by atoms with Crippen LogP contribution in [0.2, 0.25) is 0 Å². The molecule has 0 aromatic heterocycles. The fraction of sp³-hybridized carbons (Fsp3) is 0.562. The Morgan fingerprint density at radius 1 is 1.30 bits per heavy atom. The van der Waals surface area contributed by atoms with Crippen molar-refractivity contribution < 1.29 is 4.74 Å². The predicted octanol–water partition coefficient (Wildman–Crippen LogP) is 2.55. The van der Waals surface area contributed by atoms with Gasteiger partial charge in [-0.15, -0.1) is 0 Å². The number of benzene rings is 1. The normalized spacial score (nSPS) is 15.0. The molecule has 1 saturated carbocycles. The molecule has 4 heteroatoms. The summed E-state index contributed by atoms with van der Waals surface area (Å²) in [4.78, 5) is 4.62. The second kappa shape index (κ2) is 7.78. The van der Waals surface area contributed by atoms with Crippen LogP contribution < -0.4 is 15.4 Å². The minimum absolute atomic E-state index is 0.628. The van der Waals surface area contributed by atoms with E-state index in [0.29, 0.717) is 6.54 Å². The maximum atomic E-state index is 5.35. The van der Waals surface area contributed by atoms with Crippen molar-refractivity contribution in [3.8, 4) is 5.75 Å². The molecule has 0 radical (unpaired) electrons. The van der Waals surface area contributed by atoms with Crippen LogP contribution in [0.5, 0.6) is 5.75 Å². The maximum Gasteiger partial charge on any atom is 0.191 e. The lowest BCUT2D eigenvalue weighted by Crippen LogP contribution is -2.37. The Labute approximate surface area is 121 Å². The van der Waals surface area contributed by atoms with Crippen LogP contribution in [0.3, 0.4) is 0 Å². The van der Waals surface area contributed by atoms with Crippen LogP contribution in [0, 0.1) is 5.92 Å². The summed E-state index contributed by atoms with van der Waals surface area (Å²) in [5.74, 6) is 2.73. The van der Waals surface area contributed by atoms with E-state index >= 15 is 0 Å². The molecule has 1 aliphatic rings. The molecule has 0 unspecified atom stereocenters. The van der Waals surface area contributed by atoms with Crippen LogP contribution in [0.25, 0.3) is 0 Å². The van der Waals surface area contributed by atoms with Gasteiger partial charge >= 0.3 is 0 Å². The van der Waals surface area contributed by atoms with E-state index in [-0.39, 0.29) is 0 Å². The van der Waals surface area contributed by atoms with E-state index in [0.717, 1.165) is 36.3 Å². The summed E-state index contributed by atoms with van der Waals surface area (Å²) in [6.07, 6.45) is 4.05. The van der Waals surface area contributed by atoms with Gasteiger partial charge in [-0.3, -0.25) is 0 Å². The topological polar surface area (TPSA) is 45.7 Å². The highest BCUT2D eigenvalue weighted by molar-refractivity contribution is 5.79. The first-order valence-corrected chi connectivity index (χ1v) is 7.47. The zero-order valence-electron chi connectivity index (χ0n) is 12.5. The molecule has 0 bridgehead atoms. The zero-order valence-corrected chi connectivity index (χ0v) is 12.5. The summed E-state index contributed by atoms with van der Waals surface area (Å²) in [7, 11) is 1.70. The van der Waals surface area contributed by atoms with Crippen molar-refractivity contribution >= 4 is 5.96 Å². The zero-order chi connectivity index (χ0) is 14.2. The average molecular weight is 275 g/mol. The van der Waals surface area contributed by atoms with E-state index in [9.17, 15) is 0 Å². The Morgan fingerprint density at radius 2 is 2.10 bits per heavy atom. The Hall–Kier alpha value is -1.71. The number of nitrogens with zero attached hydrogens (tertiary/aromatic N) is 1. The monoisotopic (exact) mass is 275 g/mol. The van der Waals surface area contributed by atoms with Gasteiger partial charge in [0.25, 0.3) is 0 Å². The molecule has 2 rings (SSSR count). The maximum absolute atomic E-state index is 5.35. The Balaban J connectivity index is 1.89. The molecule has 4 nitrogen and oxygen atoms in total. The van der Waals surface area contributed by atoms with Gasteiger partial charge in [0.1, 0.15) is 5.75 Å². The minimum Gasteiger partial charge on any atom is -0.496 e. The molecule has 0 spiro atoms. The lowest BCUT2D eigenvalue weighted by Gasteiger charge is -2.12. The van der Waals surface area contributed by atoms with Gasteiger partial charge in [0, 0.05) is 18.7 Å². The first kappa shape index (κ1) is 14.7. The van der Waals surface area contributed by atoms with Gasteiger partial charge in [-0.05, 0) is 25.3 Å². The van der Waals surface area contributed by atoms with Gasteiger partial charge < -0.3 is 15.4 Å². The highest BCUT2D eigenvalue weighted by Gasteiger charge is 2.20. The third kappa shape index (κ3) is 4.76. The summed E-state index contributed by atoms with van der Waals surface area (Å²) in [5.41, 5.74) is 1.11. The van der Waals surface area contributed by atoms with Gasteiger partial charge in [0.15, 0.2) is 5.96 Å². The number of guanidine groups is 1. The lowest BCUT2D eigenvalue weighted by atomic mass is 10.2. The molecule has 0 amide bonds. The van der Waals surface area contributed by atoms with Gasteiger partial charge in [-0.1, -0.05) is 31.0 Å². The third-order valence-electron chi connectivity index (χ3n) is 3.49. The average Bonchev–Trinajstić information content (AvgIpc) is 3.29. The molecule has 0 saturated heterocycles. The van der Waals surface area contributed by atoms with E-state index in [1.807, 2.05) is 18.2 Å². The largest absolute Gasteiger partial charge is 0.496 e. The van der Waals surface area contributed by atoms with E-state index in [1.165, 1.54) is 19.3 Å². The second-order valence-electron chi connectivity index (χ2n) is 5.17. The van der Waals surface area contributed by atoms with Crippen molar-refractivity contribution in [1.29, 1.82) is 0 Å². The predicted molar refractivity (Wildman–Crippen MR) is 83.2 cm³/mol. The number of hydrogen-bond donors (Lipinski definition) is 2. The lowest BCUT2D eigenvalue weighted by molar-refractivity contribution is 0.410. The molecule has 0 atom stereocenters. The first-order valence-electron chi connectivity index (χ1n) is 7.47. The summed E-state index contributed by atoms with van der Waals surface area (Å²) >= 11 is 0. The van der Waals surface area contributed by atoms with Crippen LogP contribution in [0.1, 0.15) is 31.7 Å². The molecule has 2 N–H and O–H groups in total. The standard InChI is InChI=1S/C16H25N3O/c1-3-17-16(18-11-10-13-8-9-13)19-12-14-6-4-5-7-15(14)20-2/h4-7,13H,3,8-12H2,1-2H3,(H2,17,18,19). The number of para-hydroxylation sites is 1. The van der Waals surface area contributed by atoms with E-state index < -0.39 is 0 Å². The molecule has 0 heterocycles. The molecular weight excluding hydrogens is 250 g/mol. The quantitative estimate of drug-likeness (QED) is 0.594. The molecule has 1 fully saturated rings. The van der Waals surface area contributed by atoms with E-state index in [4.69, 9.17) is 4.74 Å². The van der Waals surface area contributed by atoms with Crippen molar-refractivity contribution in [3.63, 3.8) is 0 Å². The van der Waals surface area contributed by atoms with Crippen LogP contribution in [0.15, 0.2) is 29.3 Å². The highest BCUT2D eigenvalue weighted by Crippen LogP contribution is 2.31. The number of methoxy groups -OCH3 is 1. The summed E-state index contributed by atoms with van der Waals surface area (Å²) in [6.45, 7) is 4.59. The fourth-order valence-corrected chi connectivity index (χ4v) is 2.14. The molecule has 20 heavy (non-hydrogen) atoms. The van der Waals surface area contributed by atoms with Gasteiger partial charge in [-0.2, -0.15) is 0 Å². The van der Waals surface area contributed by atoms with Gasteiger partial charge in [-0.25, -0.2) is 4.99 Å². The summed E-state index contributed by atoms with van der Waals surface area (Å²) in [6, 6.07) is 8.01. The number of rotatable bonds is 7. The van der Waals surface area contributed by atoms with Crippen LogP contribution in [0.4, 0.5) is 0 Å². The molecule has 1 aromatic rings. The van der Waals surface area contributed by atoms with Crippen molar-refractivity contribution in [2.75, 3.05) is 20.2 Å². The fourth-order valence-electron chi connectivity index (χ4n) is 2.14. The number of nitrogens with one attached hydrogen (secondary N) is 2. The first-order chi connectivity index (χ1) is 9.83. The van der Waals surface area contributed by atoms with Crippen LogP contribution in [-0.2, 0) is 6.54 Å². The number of hydrogen-bond acceptors (Lipinski definition) is 2. The Morgan fingerprint density at radius 3 is 2.80 bits per heavy atom. The Kier molecular flexibility index (Phi) is 5.71. The molecule has 0 aliphatic heterocycles. The van der Waals surface area contributed by atoms with Crippen molar-refractivity contribution in [2.24, 2.45) is 10.9 Å². The smallest absolute Gasteiger partial charge is 0.191 e. The Bertz CT molecular complexity index is 441. The highest BCUT2D eigenvalue weighted by atomic mass is 16.5. The van der Waals surface area contributed by atoms with E-state index in [2.05, 4.69) is 28.6 Å². The van der Waals surface area contributed by atoms with Crippen LogP contribution >= 0.6 is 0 Å². The summed E-state index contributed by atoms with van der Waals surface area (Å²) in [5, 5.41) is 6.68. The number of ether oxygens (including phenoxy) is 1. The summed E-state index contributed by atoms with van der Waals surface area (Å²) < 4.78 is 5.35. The molecule has 110 valence electrons. The van der Waals surface area contributed by atoms with E-state index in [1.54, 1.807) is 7.11 Å². The number of aliphatic imine (C=N–C) groups is 1. The second-order valence-corrected chi connectivity index (χ2v) is 5.17. The van der Waals surface area contributed by atoms with Crippen molar-refractivity contribution in [2.45, 2.75) is 32.7 Å². The third-order valence-corrected chi connectivity index (χ3v) is 3.49. The molecule has 1 aliphatic carbocycles. The SMILES string of the molecule is CCNC(=NCc1ccccc1OC)NCCC1CC1. The minimum atomic E-state index is 0.628. The molecular formula is C16H25N3O. The van der Waals surface area contributed by atoms with Crippen molar-refractivity contribution in [3.05, 3.63) is 29.8 Å². The van der Waals surface area contributed by atoms with Gasteiger partial charge in [0.2, 0.25) is 0 Å². The van der Waals surface area contributed by atoms with Crippen molar-refractivity contribution in [1.82, 2.24) is 10.6 Å².